The van der Waals surface area contributed by atoms with Crippen LogP contribution in [0.1, 0.15) is 5.56 Å². The molecule has 2 aromatic carbocycles. The van der Waals surface area contributed by atoms with Gasteiger partial charge in [0.25, 0.3) is 0 Å². The third kappa shape index (κ3) is 2.29. The van der Waals surface area contributed by atoms with Gasteiger partial charge in [0.1, 0.15) is 16.6 Å². The van der Waals surface area contributed by atoms with Gasteiger partial charge in [0, 0.05) is 28.6 Å². The van der Waals surface area contributed by atoms with E-state index in [1.54, 1.807) is 30.5 Å². The van der Waals surface area contributed by atoms with Crippen molar-refractivity contribution >= 4 is 21.7 Å². The third-order valence-electron chi connectivity index (χ3n) is 3.90. The lowest BCUT2D eigenvalue weighted by molar-refractivity contribution is 0.302. The molecular weight excluding hydrogens is 300 g/mol. The second-order valence-corrected chi connectivity index (χ2v) is 5.37. The van der Waals surface area contributed by atoms with E-state index < -0.39 is 0 Å². The van der Waals surface area contributed by atoms with E-state index in [1.807, 2.05) is 30.3 Å². The van der Waals surface area contributed by atoms with Crippen LogP contribution < -0.4 is 5.36 Å². The maximum atomic E-state index is 9.33. The molecule has 4 nitrogen and oxygen atoms in total. The summed E-state index contributed by atoms with van der Waals surface area (Å²) < 4.78 is 5.95. The maximum absolute atomic E-state index is 9.33. The van der Waals surface area contributed by atoms with Gasteiger partial charge in [-0.15, -0.1) is 6.42 Å². The molecule has 4 heteroatoms. The molecule has 24 heavy (non-hydrogen) atoms. The van der Waals surface area contributed by atoms with E-state index in [1.165, 1.54) is 0 Å². The van der Waals surface area contributed by atoms with Crippen LogP contribution in [0.5, 0.6) is 0 Å². The molecule has 114 valence electrons. The normalized spacial score (nSPS) is 11.7. The molecule has 0 atom stereocenters. The van der Waals surface area contributed by atoms with Crippen molar-refractivity contribution in [1.82, 2.24) is 4.98 Å². The first-order valence-corrected chi connectivity index (χ1v) is 7.36. The lowest BCUT2D eigenvalue weighted by atomic mass is 10.1. The van der Waals surface area contributed by atoms with Gasteiger partial charge in [-0.3, -0.25) is 4.98 Å². The second-order valence-electron chi connectivity index (χ2n) is 5.37. The largest absolute Gasteiger partial charge is 0.454 e. The average molecular weight is 312 g/mol. The van der Waals surface area contributed by atoms with E-state index in [-0.39, 0.29) is 0 Å². The Kier molecular flexibility index (Phi) is 3.25. The van der Waals surface area contributed by atoms with Crippen molar-refractivity contribution in [2.75, 3.05) is 0 Å². The molecule has 0 radical (unpaired) electrons. The molecule has 0 saturated carbocycles. The van der Waals surface area contributed by atoms with Crippen molar-refractivity contribution in [2.24, 2.45) is 5.16 Å². The molecule has 4 aromatic rings. The SMILES string of the molecule is C#Cc1ccc2c(=NO)cc(-c3cc4ccccc4cn3)oc2c1. The van der Waals surface area contributed by atoms with E-state index >= 15 is 0 Å². The van der Waals surface area contributed by atoms with Gasteiger partial charge in [-0.05, 0) is 29.7 Å². The van der Waals surface area contributed by atoms with Crippen molar-refractivity contribution < 1.29 is 9.62 Å². The molecule has 2 aromatic heterocycles. The molecule has 0 aliphatic heterocycles. The summed E-state index contributed by atoms with van der Waals surface area (Å²) >= 11 is 0. The van der Waals surface area contributed by atoms with Crippen molar-refractivity contribution in [3.05, 3.63) is 71.7 Å². The highest BCUT2D eigenvalue weighted by atomic mass is 16.4. The lowest BCUT2D eigenvalue weighted by Crippen LogP contribution is -2.03. The molecule has 1 N–H and O–H groups in total. The van der Waals surface area contributed by atoms with Crippen LogP contribution in [-0.2, 0) is 0 Å². The fraction of sp³-hybridized carbons (Fsp3) is 0. The van der Waals surface area contributed by atoms with Gasteiger partial charge in [-0.1, -0.05) is 35.3 Å². The van der Waals surface area contributed by atoms with Crippen LogP contribution in [0.3, 0.4) is 0 Å². The number of rotatable bonds is 1. The van der Waals surface area contributed by atoms with Gasteiger partial charge in [-0.2, -0.15) is 0 Å². The molecular formula is C20H12N2O2. The number of hydrogen-bond acceptors (Lipinski definition) is 4. The number of benzene rings is 2. The summed E-state index contributed by atoms with van der Waals surface area (Å²) in [4.78, 5) is 4.44. The Hall–Kier alpha value is -3.58. The molecule has 2 heterocycles. The van der Waals surface area contributed by atoms with Crippen LogP contribution in [0.15, 0.2) is 70.4 Å². The fourth-order valence-corrected chi connectivity index (χ4v) is 2.69. The zero-order valence-corrected chi connectivity index (χ0v) is 12.6. The summed E-state index contributed by atoms with van der Waals surface area (Å²) in [6, 6.07) is 16.8. The zero-order valence-electron chi connectivity index (χ0n) is 12.6. The Balaban J connectivity index is 1.99. The molecule has 0 bridgehead atoms. The number of nitrogens with zero attached hydrogens (tertiary/aromatic N) is 2. The summed E-state index contributed by atoms with van der Waals surface area (Å²) in [6.07, 6.45) is 7.24. The first-order chi connectivity index (χ1) is 11.8. The van der Waals surface area contributed by atoms with Crippen LogP contribution in [0, 0.1) is 12.3 Å². The first-order valence-electron chi connectivity index (χ1n) is 7.36. The molecule has 0 fully saturated rings. The zero-order chi connectivity index (χ0) is 16.5. The van der Waals surface area contributed by atoms with Gasteiger partial charge in [0.15, 0.2) is 5.76 Å². The van der Waals surface area contributed by atoms with Gasteiger partial charge in [0.05, 0.1) is 0 Å². The lowest BCUT2D eigenvalue weighted by Gasteiger charge is -2.05. The maximum Gasteiger partial charge on any atom is 0.155 e. The summed E-state index contributed by atoms with van der Waals surface area (Å²) in [5.41, 5.74) is 1.90. The average Bonchev–Trinajstić information content (AvgIpc) is 2.66. The van der Waals surface area contributed by atoms with Gasteiger partial charge in [-0.25, -0.2) is 0 Å². The minimum absolute atomic E-state index is 0.407. The van der Waals surface area contributed by atoms with Crippen molar-refractivity contribution in [3.63, 3.8) is 0 Å². The molecule has 0 aliphatic carbocycles. The summed E-state index contributed by atoms with van der Waals surface area (Å²) in [6.45, 7) is 0. The monoisotopic (exact) mass is 312 g/mol. The topological polar surface area (TPSA) is 58.6 Å². The Morgan fingerprint density at radius 3 is 2.67 bits per heavy atom. The highest BCUT2D eigenvalue weighted by Crippen LogP contribution is 2.24. The highest BCUT2D eigenvalue weighted by molar-refractivity contribution is 5.85. The van der Waals surface area contributed by atoms with Gasteiger partial charge >= 0.3 is 0 Å². The van der Waals surface area contributed by atoms with Crippen molar-refractivity contribution in [1.29, 1.82) is 0 Å². The van der Waals surface area contributed by atoms with Crippen LogP contribution >= 0.6 is 0 Å². The quantitative estimate of drug-likeness (QED) is 0.329. The Morgan fingerprint density at radius 2 is 1.88 bits per heavy atom. The van der Waals surface area contributed by atoms with Gasteiger partial charge in [0.2, 0.25) is 0 Å². The highest BCUT2D eigenvalue weighted by Gasteiger charge is 2.09. The van der Waals surface area contributed by atoms with E-state index in [9.17, 15) is 5.21 Å². The summed E-state index contributed by atoms with van der Waals surface area (Å²) in [7, 11) is 0. The number of fused-ring (bicyclic) bond motifs is 2. The number of terminal acetylenes is 1. The molecule has 0 spiro atoms. The van der Waals surface area contributed by atoms with Crippen molar-refractivity contribution in [2.45, 2.75) is 0 Å². The number of pyridine rings is 1. The fourth-order valence-electron chi connectivity index (χ4n) is 2.69. The Morgan fingerprint density at radius 1 is 1.04 bits per heavy atom. The Labute approximate surface area is 137 Å². The molecule has 0 unspecified atom stereocenters. The van der Waals surface area contributed by atoms with Crippen LogP contribution in [0.25, 0.3) is 33.2 Å². The van der Waals surface area contributed by atoms with Crippen LogP contribution in [0.4, 0.5) is 0 Å². The molecule has 0 saturated heterocycles. The van der Waals surface area contributed by atoms with Crippen LogP contribution in [-0.4, -0.2) is 10.2 Å². The predicted octanol–water partition coefficient (Wildman–Crippen LogP) is 3.92. The van der Waals surface area contributed by atoms with E-state index in [2.05, 4.69) is 16.1 Å². The second kappa shape index (κ2) is 5.56. The van der Waals surface area contributed by atoms with E-state index in [4.69, 9.17) is 10.8 Å². The standard InChI is InChI=1S/C20H12N2O2/c1-2-13-7-8-16-17(22-23)11-20(24-19(16)9-13)18-10-14-5-3-4-6-15(14)12-21-18/h1,3-12,23H. The number of hydrogen-bond donors (Lipinski definition) is 1. The summed E-state index contributed by atoms with van der Waals surface area (Å²) in [5.74, 6) is 3.08. The van der Waals surface area contributed by atoms with E-state index in [0.29, 0.717) is 33.3 Å². The summed E-state index contributed by atoms with van der Waals surface area (Å²) in [5, 5.41) is 15.9. The number of aromatic nitrogens is 1. The smallest absolute Gasteiger partial charge is 0.155 e. The van der Waals surface area contributed by atoms with Gasteiger partial charge < -0.3 is 9.62 Å². The van der Waals surface area contributed by atoms with Crippen LogP contribution in [0.2, 0.25) is 0 Å². The predicted molar refractivity (Wildman–Crippen MR) is 92.2 cm³/mol. The first kappa shape index (κ1) is 14.0. The molecule has 0 amide bonds. The minimum atomic E-state index is 0.407. The minimum Gasteiger partial charge on any atom is -0.454 e. The molecule has 4 rings (SSSR count). The molecule has 0 aliphatic rings. The Bertz CT molecular complexity index is 1180. The third-order valence-corrected chi connectivity index (χ3v) is 3.90. The van der Waals surface area contributed by atoms with E-state index in [0.717, 1.165) is 10.8 Å². The van der Waals surface area contributed by atoms with Crippen molar-refractivity contribution in [3.8, 4) is 23.8 Å².